The average molecular weight is 328 g/mol. The van der Waals surface area contributed by atoms with Crippen LogP contribution in [0.25, 0.3) is 5.82 Å². The fourth-order valence-electron chi connectivity index (χ4n) is 1.97. The number of hydrogen-bond donors (Lipinski definition) is 2. The highest BCUT2D eigenvalue weighted by atomic mass is 32.1. The standard InChI is InChI=1S/C15H16N6OS/c1-11-2-6-21(20-11)14-8-13(18-10-19-14)16-4-5-17-15(22)12-3-7-23-9-12/h2-3,6-10H,4-5H2,1H3,(H,17,22)(H,16,18,19). The topological polar surface area (TPSA) is 84.7 Å². The van der Waals surface area contributed by atoms with E-state index < -0.39 is 0 Å². The molecule has 2 N–H and O–H groups in total. The number of carbonyl (C=O) groups is 1. The van der Waals surface area contributed by atoms with E-state index in [1.807, 2.05) is 36.0 Å². The molecule has 1 amide bonds. The lowest BCUT2D eigenvalue weighted by Crippen LogP contribution is -2.28. The van der Waals surface area contributed by atoms with E-state index >= 15 is 0 Å². The number of aryl methyl sites for hydroxylation is 1. The Hall–Kier alpha value is -2.74. The Kier molecular flexibility index (Phi) is 4.62. The van der Waals surface area contributed by atoms with Gasteiger partial charge in [-0.2, -0.15) is 16.4 Å². The van der Waals surface area contributed by atoms with Crippen molar-refractivity contribution in [3.63, 3.8) is 0 Å². The van der Waals surface area contributed by atoms with Gasteiger partial charge in [-0.1, -0.05) is 0 Å². The molecule has 0 saturated heterocycles. The van der Waals surface area contributed by atoms with Crippen LogP contribution in [0.1, 0.15) is 16.1 Å². The van der Waals surface area contributed by atoms with Crippen LogP contribution in [0.5, 0.6) is 0 Å². The van der Waals surface area contributed by atoms with E-state index in [0.717, 1.165) is 5.69 Å². The second-order valence-corrected chi connectivity index (χ2v) is 5.64. The molecular formula is C15H16N6OS. The van der Waals surface area contributed by atoms with Crippen LogP contribution < -0.4 is 10.6 Å². The molecule has 0 aliphatic rings. The quantitative estimate of drug-likeness (QED) is 0.675. The third-order valence-corrected chi connectivity index (χ3v) is 3.79. The van der Waals surface area contributed by atoms with Crippen molar-refractivity contribution in [2.24, 2.45) is 0 Å². The Bertz CT molecular complexity index is 783. The first-order valence-corrected chi connectivity index (χ1v) is 8.05. The molecule has 3 heterocycles. The maximum absolute atomic E-state index is 11.8. The van der Waals surface area contributed by atoms with Crippen molar-refractivity contribution < 1.29 is 4.79 Å². The van der Waals surface area contributed by atoms with Crippen molar-refractivity contribution >= 4 is 23.1 Å². The highest BCUT2D eigenvalue weighted by Gasteiger charge is 2.05. The molecule has 0 fully saturated rings. The third kappa shape index (κ3) is 3.92. The Morgan fingerprint density at radius 1 is 1.30 bits per heavy atom. The Morgan fingerprint density at radius 3 is 2.96 bits per heavy atom. The van der Waals surface area contributed by atoms with Crippen LogP contribution >= 0.6 is 11.3 Å². The normalized spacial score (nSPS) is 10.5. The van der Waals surface area contributed by atoms with E-state index in [1.54, 1.807) is 10.7 Å². The lowest BCUT2D eigenvalue weighted by molar-refractivity contribution is 0.0955. The van der Waals surface area contributed by atoms with Crippen molar-refractivity contribution in [3.05, 3.63) is 52.7 Å². The van der Waals surface area contributed by atoms with Crippen LogP contribution in [0.2, 0.25) is 0 Å². The van der Waals surface area contributed by atoms with Gasteiger partial charge in [0.2, 0.25) is 0 Å². The maximum Gasteiger partial charge on any atom is 0.252 e. The van der Waals surface area contributed by atoms with Gasteiger partial charge in [0, 0.05) is 36.3 Å². The van der Waals surface area contributed by atoms with Gasteiger partial charge in [-0.25, -0.2) is 14.6 Å². The third-order valence-electron chi connectivity index (χ3n) is 3.11. The van der Waals surface area contributed by atoms with Crippen molar-refractivity contribution in [2.75, 3.05) is 18.4 Å². The summed E-state index contributed by atoms with van der Waals surface area (Å²) in [5.74, 6) is 1.31. The van der Waals surface area contributed by atoms with Crippen LogP contribution in [-0.4, -0.2) is 38.7 Å². The number of thiophene rings is 1. The fourth-order valence-corrected chi connectivity index (χ4v) is 2.61. The zero-order valence-corrected chi connectivity index (χ0v) is 13.4. The van der Waals surface area contributed by atoms with Crippen LogP contribution in [0.4, 0.5) is 5.82 Å². The summed E-state index contributed by atoms with van der Waals surface area (Å²) in [6.45, 7) is 3.01. The molecule has 7 nitrogen and oxygen atoms in total. The van der Waals surface area contributed by atoms with Crippen LogP contribution in [-0.2, 0) is 0 Å². The van der Waals surface area contributed by atoms with E-state index in [-0.39, 0.29) is 5.91 Å². The van der Waals surface area contributed by atoms with Gasteiger partial charge >= 0.3 is 0 Å². The van der Waals surface area contributed by atoms with Crippen LogP contribution in [0.3, 0.4) is 0 Å². The zero-order valence-electron chi connectivity index (χ0n) is 12.6. The minimum atomic E-state index is -0.0663. The molecule has 0 unspecified atom stereocenters. The molecular weight excluding hydrogens is 312 g/mol. The molecule has 118 valence electrons. The highest BCUT2D eigenvalue weighted by molar-refractivity contribution is 7.08. The summed E-state index contributed by atoms with van der Waals surface area (Å²) in [4.78, 5) is 20.1. The first-order chi connectivity index (χ1) is 11.2. The summed E-state index contributed by atoms with van der Waals surface area (Å²) in [6.07, 6.45) is 3.33. The molecule has 0 saturated carbocycles. The summed E-state index contributed by atoms with van der Waals surface area (Å²) >= 11 is 1.50. The largest absolute Gasteiger partial charge is 0.368 e. The fraction of sp³-hybridized carbons (Fsp3) is 0.200. The molecule has 0 aliphatic carbocycles. The van der Waals surface area contributed by atoms with Gasteiger partial charge < -0.3 is 10.6 Å². The van der Waals surface area contributed by atoms with Gasteiger partial charge in [0.15, 0.2) is 5.82 Å². The van der Waals surface area contributed by atoms with Gasteiger partial charge in [-0.15, -0.1) is 0 Å². The summed E-state index contributed by atoms with van der Waals surface area (Å²) in [6, 6.07) is 5.53. The minimum Gasteiger partial charge on any atom is -0.368 e. The lowest BCUT2D eigenvalue weighted by atomic mass is 10.3. The van der Waals surface area contributed by atoms with Crippen molar-refractivity contribution in [1.82, 2.24) is 25.1 Å². The molecule has 23 heavy (non-hydrogen) atoms. The molecule has 0 radical (unpaired) electrons. The summed E-state index contributed by atoms with van der Waals surface area (Å²) < 4.78 is 1.69. The van der Waals surface area contributed by atoms with Crippen molar-refractivity contribution in [2.45, 2.75) is 6.92 Å². The van der Waals surface area contributed by atoms with E-state index in [4.69, 9.17) is 0 Å². The molecule has 0 atom stereocenters. The first kappa shape index (κ1) is 15.2. The molecule has 3 aromatic rings. The highest BCUT2D eigenvalue weighted by Crippen LogP contribution is 2.08. The average Bonchev–Trinajstić information content (AvgIpc) is 3.23. The number of nitrogens with one attached hydrogen (secondary N) is 2. The minimum absolute atomic E-state index is 0.0663. The predicted octanol–water partition coefficient (Wildman–Crippen LogP) is 1.87. The van der Waals surface area contributed by atoms with Gasteiger partial charge in [-0.3, -0.25) is 4.79 Å². The number of amides is 1. The Balaban J connectivity index is 1.52. The van der Waals surface area contributed by atoms with Crippen molar-refractivity contribution in [3.8, 4) is 5.82 Å². The van der Waals surface area contributed by atoms with Gasteiger partial charge in [-0.05, 0) is 24.4 Å². The molecule has 8 heteroatoms. The number of rotatable bonds is 6. The summed E-state index contributed by atoms with van der Waals surface area (Å²) in [5.41, 5.74) is 1.61. The summed E-state index contributed by atoms with van der Waals surface area (Å²) in [7, 11) is 0. The zero-order chi connectivity index (χ0) is 16.1. The molecule has 0 bridgehead atoms. The SMILES string of the molecule is Cc1ccn(-c2cc(NCCNC(=O)c3ccsc3)ncn2)n1. The van der Waals surface area contributed by atoms with E-state index in [2.05, 4.69) is 25.7 Å². The number of aromatic nitrogens is 4. The monoisotopic (exact) mass is 328 g/mol. The Morgan fingerprint density at radius 2 is 2.22 bits per heavy atom. The maximum atomic E-state index is 11.8. The number of anilines is 1. The second kappa shape index (κ2) is 7.01. The molecule has 0 spiro atoms. The Labute approximate surface area is 137 Å². The molecule has 3 aromatic heterocycles. The van der Waals surface area contributed by atoms with E-state index in [1.165, 1.54) is 17.7 Å². The van der Waals surface area contributed by atoms with E-state index in [0.29, 0.717) is 30.3 Å². The second-order valence-electron chi connectivity index (χ2n) is 4.86. The van der Waals surface area contributed by atoms with Gasteiger partial charge in [0.05, 0.1) is 5.69 Å². The van der Waals surface area contributed by atoms with Crippen LogP contribution in [0, 0.1) is 6.92 Å². The number of hydrogen-bond acceptors (Lipinski definition) is 6. The number of nitrogens with zero attached hydrogens (tertiary/aromatic N) is 4. The van der Waals surface area contributed by atoms with Gasteiger partial charge in [0.25, 0.3) is 5.91 Å². The molecule has 0 aromatic carbocycles. The molecule has 3 rings (SSSR count). The molecule has 0 aliphatic heterocycles. The first-order valence-electron chi connectivity index (χ1n) is 7.11. The van der Waals surface area contributed by atoms with Crippen LogP contribution in [0.15, 0.2) is 41.5 Å². The van der Waals surface area contributed by atoms with E-state index in [9.17, 15) is 4.79 Å². The summed E-state index contributed by atoms with van der Waals surface area (Å²) in [5, 5.41) is 14.0. The predicted molar refractivity (Wildman–Crippen MR) is 89.0 cm³/mol. The lowest BCUT2D eigenvalue weighted by Gasteiger charge is -2.08. The van der Waals surface area contributed by atoms with Crippen molar-refractivity contribution in [1.29, 1.82) is 0 Å². The van der Waals surface area contributed by atoms with Gasteiger partial charge in [0.1, 0.15) is 12.1 Å². The number of carbonyl (C=O) groups excluding carboxylic acids is 1. The smallest absolute Gasteiger partial charge is 0.252 e.